The average Bonchev–Trinajstić information content (AvgIpc) is 2.18. The fourth-order valence-electron chi connectivity index (χ4n) is 0.980. The largest absolute Gasteiger partial charge is 2.00 e. The number of amides is 1. The minimum Gasteiger partial charge on any atom is -0.495 e. The van der Waals surface area contributed by atoms with Crippen molar-refractivity contribution in [2.45, 2.75) is 11.8 Å². The molecule has 1 N–H and O–H groups in total. The molecule has 1 atom stereocenters. The molecule has 0 aliphatic rings. The van der Waals surface area contributed by atoms with Crippen molar-refractivity contribution < 1.29 is 29.0 Å². The van der Waals surface area contributed by atoms with Crippen molar-refractivity contribution in [2.75, 3.05) is 12.4 Å². The summed E-state index contributed by atoms with van der Waals surface area (Å²) >= 11 is 3.19. The number of carbonyl (C=O) groups is 1. The Bertz CT molecular complexity index is 331. The summed E-state index contributed by atoms with van der Waals surface area (Å²) in [6.45, 7) is 1.77. The van der Waals surface area contributed by atoms with Crippen molar-refractivity contribution >= 4 is 27.5 Å². The monoisotopic (exact) mass is 321 g/mol. The second-order valence-electron chi connectivity index (χ2n) is 2.81. The fourth-order valence-corrected chi connectivity index (χ4v) is 1.09. The number of ether oxygens (including phenoxy) is 1. The Hall–Kier alpha value is -0.407. The van der Waals surface area contributed by atoms with Gasteiger partial charge in [-0.2, -0.15) is 0 Å². The summed E-state index contributed by atoms with van der Waals surface area (Å²) in [6.07, 6.45) is 0. The van der Waals surface area contributed by atoms with Crippen molar-refractivity contribution in [3.05, 3.63) is 24.3 Å². The van der Waals surface area contributed by atoms with Crippen LogP contribution in [0.3, 0.4) is 0 Å². The maximum atomic E-state index is 11.4. The third kappa shape index (κ3) is 4.31. The fraction of sp³-hybridized carbons (Fsp3) is 0.300. The molecule has 0 aromatic heterocycles. The van der Waals surface area contributed by atoms with Gasteiger partial charge >= 0.3 is 19.5 Å². The molecule has 1 aromatic carbocycles. The minimum absolute atomic E-state index is 0. The predicted octanol–water partition coefficient (Wildman–Crippen LogP) is 2.41. The van der Waals surface area contributed by atoms with Crippen LogP contribution in [-0.2, 0) is 24.3 Å². The Labute approximate surface area is 110 Å². The Balaban J connectivity index is 0.00000196. The number of rotatable bonds is 3. The van der Waals surface area contributed by atoms with Crippen LogP contribution in [0.1, 0.15) is 6.92 Å². The quantitative estimate of drug-likeness (QED) is 0.685. The first-order valence-corrected chi connectivity index (χ1v) is 5.14. The van der Waals surface area contributed by atoms with E-state index in [0.29, 0.717) is 11.4 Å². The van der Waals surface area contributed by atoms with Crippen LogP contribution in [0.2, 0.25) is 0 Å². The number of halogens is 1. The van der Waals surface area contributed by atoms with Gasteiger partial charge in [0, 0.05) is 0 Å². The molecular weight excluding hydrogens is 311 g/mol. The Morgan fingerprint density at radius 2 is 2.07 bits per heavy atom. The normalized spacial score (nSPS) is 11.1. The molecule has 1 rings (SSSR count). The number of para-hydroxylation sites is 2. The van der Waals surface area contributed by atoms with E-state index < -0.39 is 0 Å². The zero-order chi connectivity index (χ0) is 10.6. The number of anilines is 1. The Morgan fingerprint density at radius 3 is 2.60 bits per heavy atom. The number of nitrogens with one attached hydrogen (secondary N) is 1. The molecule has 1 aromatic rings. The maximum Gasteiger partial charge on any atom is 2.00 e. The minimum atomic E-state index is -0.215. The van der Waals surface area contributed by atoms with E-state index in [1.165, 1.54) is 0 Å². The molecule has 0 fully saturated rings. The van der Waals surface area contributed by atoms with Crippen LogP contribution >= 0.6 is 15.9 Å². The second kappa shape index (κ2) is 6.96. The number of carbonyl (C=O) groups excluding carboxylic acids is 1. The van der Waals surface area contributed by atoms with E-state index in [-0.39, 0.29) is 30.2 Å². The number of benzene rings is 1. The van der Waals surface area contributed by atoms with Crippen molar-refractivity contribution in [1.82, 2.24) is 0 Å². The van der Waals surface area contributed by atoms with Gasteiger partial charge in [-0.1, -0.05) is 28.1 Å². The molecule has 0 aliphatic heterocycles. The molecular formula is C10H12BrNO2Zn+2. The van der Waals surface area contributed by atoms with E-state index in [1.54, 1.807) is 26.2 Å². The van der Waals surface area contributed by atoms with E-state index in [4.69, 9.17) is 4.74 Å². The third-order valence-electron chi connectivity index (χ3n) is 1.73. The SMILES string of the molecule is COc1ccccc1NC(=O)C(C)Br.[Zn+2]. The predicted molar refractivity (Wildman–Crippen MR) is 60.0 cm³/mol. The van der Waals surface area contributed by atoms with E-state index in [0.717, 1.165) is 0 Å². The van der Waals surface area contributed by atoms with Crippen LogP contribution < -0.4 is 10.1 Å². The van der Waals surface area contributed by atoms with Crippen LogP contribution in [-0.4, -0.2) is 17.8 Å². The average molecular weight is 324 g/mol. The number of methoxy groups -OCH3 is 1. The first-order valence-electron chi connectivity index (χ1n) is 4.23. The Morgan fingerprint density at radius 1 is 1.47 bits per heavy atom. The molecule has 15 heavy (non-hydrogen) atoms. The maximum absolute atomic E-state index is 11.4. The summed E-state index contributed by atoms with van der Waals surface area (Å²) in [6, 6.07) is 7.30. The first kappa shape index (κ1) is 14.6. The summed E-state index contributed by atoms with van der Waals surface area (Å²) in [5.74, 6) is 0.573. The van der Waals surface area contributed by atoms with Gasteiger partial charge in [-0.15, -0.1) is 0 Å². The van der Waals surface area contributed by atoms with Crippen LogP contribution in [0.15, 0.2) is 24.3 Å². The summed E-state index contributed by atoms with van der Waals surface area (Å²) < 4.78 is 5.10. The van der Waals surface area contributed by atoms with Crippen LogP contribution in [0, 0.1) is 0 Å². The van der Waals surface area contributed by atoms with Gasteiger partial charge in [-0.25, -0.2) is 0 Å². The molecule has 5 heteroatoms. The molecule has 0 aliphatic carbocycles. The van der Waals surface area contributed by atoms with Crippen LogP contribution in [0.4, 0.5) is 5.69 Å². The molecule has 0 heterocycles. The number of alkyl halides is 1. The van der Waals surface area contributed by atoms with Gasteiger partial charge in [-0.05, 0) is 19.1 Å². The molecule has 0 saturated carbocycles. The zero-order valence-corrected chi connectivity index (χ0v) is 13.3. The van der Waals surface area contributed by atoms with Gasteiger partial charge in [0.05, 0.1) is 17.6 Å². The molecule has 3 nitrogen and oxygen atoms in total. The Kier molecular flexibility index (Phi) is 6.78. The van der Waals surface area contributed by atoms with E-state index in [9.17, 15) is 4.79 Å². The van der Waals surface area contributed by atoms with Crippen molar-refractivity contribution in [1.29, 1.82) is 0 Å². The first-order chi connectivity index (χ1) is 6.65. The third-order valence-corrected chi connectivity index (χ3v) is 2.14. The van der Waals surface area contributed by atoms with E-state index in [1.807, 2.05) is 12.1 Å². The number of hydrogen-bond donors (Lipinski definition) is 1. The van der Waals surface area contributed by atoms with Gasteiger partial charge in [0.1, 0.15) is 5.75 Å². The van der Waals surface area contributed by atoms with Crippen molar-refractivity contribution in [3.8, 4) is 5.75 Å². The van der Waals surface area contributed by atoms with E-state index >= 15 is 0 Å². The number of hydrogen-bond acceptors (Lipinski definition) is 2. The van der Waals surface area contributed by atoms with Crippen LogP contribution in [0.5, 0.6) is 5.75 Å². The summed E-state index contributed by atoms with van der Waals surface area (Å²) in [4.78, 5) is 11.2. The smallest absolute Gasteiger partial charge is 0.495 e. The molecule has 0 spiro atoms. The second-order valence-corrected chi connectivity index (χ2v) is 4.18. The summed E-state index contributed by atoms with van der Waals surface area (Å²) in [7, 11) is 1.57. The van der Waals surface area contributed by atoms with E-state index in [2.05, 4.69) is 21.2 Å². The van der Waals surface area contributed by atoms with Gasteiger partial charge < -0.3 is 10.1 Å². The van der Waals surface area contributed by atoms with Crippen LogP contribution in [0.25, 0.3) is 0 Å². The van der Waals surface area contributed by atoms with Crippen molar-refractivity contribution in [3.63, 3.8) is 0 Å². The molecule has 76 valence electrons. The van der Waals surface area contributed by atoms with Gasteiger partial charge in [0.2, 0.25) is 5.91 Å². The molecule has 1 unspecified atom stereocenters. The molecule has 1 amide bonds. The summed E-state index contributed by atoms with van der Waals surface area (Å²) in [5, 5.41) is 2.75. The standard InChI is InChI=1S/C10H12BrNO2.Zn/c1-7(11)10(13)12-8-5-3-4-6-9(8)14-2;/h3-7H,1-2H3,(H,12,13);/q;+2. The zero-order valence-electron chi connectivity index (χ0n) is 8.79. The van der Waals surface area contributed by atoms with Gasteiger partial charge in [0.25, 0.3) is 0 Å². The molecule has 0 radical (unpaired) electrons. The van der Waals surface area contributed by atoms with Gasteiger partial charge in [-0.3, -0.25) is 4.79 Å². The molecule has 0 bridgehead atoms. The van der Waals surface area contributed by atoms with Gasteiger partial charge in [0.15, 0.2) is 0 Å². The topological polar surface area (TPSA) is 38.3 Å². The summed E-state index contributed by atoms with van der Waals surface area (Å²) in [5.41, 5.74) is 0.686. The molecule has 0 saturated heterocycles. The van der Waals surface area contributed by atoms with Crippen molar-refractivity contribution in [2.24, 2.45) is 0 Å².